The molecule has 1 aliphatic rings. The summed E-state index contributed by atoms with van der Waals surface area (Å²) in [6.07, 6.45) is 7.98. The first kappa shape index (κ1) is 21.7. The minimum Gasteiger partial charge on any atom is -0.354 e. The minimum absolute atomic E-state index is 0. The van der Waals surface area contributed by atoms with Crippen LogP contribution in [-0.4, -0.2) is 83.0 Å². The molecule has 1 amide bonds. The molecule has 1 aliphatic heterocycles. The number of carbonyl (C=O) groups is 1. The van der Waals surface area contributed by atoms with Gasteiger partial charge in [0.15, 0.2) is 5.96 Å². The first-order chi connectivity index (χ1) is 13.3. The zero-order chi connectivity index (χ0) is 18.9. The van der Waals surface area contributed by atoms with E-state index >= 15 is 0 Å². The van der Waals surface area contributed by atoms with Crippen molar-refractivity contribution in [2.75, 3.05) is 51.2 Å². The maximum absolute atomic E-state index is 11.9. The number of guanidine groups is 1. The zero-order valence-corrected chi connectivity index (χ0v) is 18.0. The summed E-state index contributed by atoms with van der Waals surface area (Å²) in [5.74, 6) is 1.33. The van der Waals surface area contributed by atoms with Crippen molar-refractivity contribution in [2.45, 2.75) is 0 Å². The molecule has 0 unspecified atom stereocenters. The van der Waals surface area contributed by atoms with Crippen molar-refractivity contribution in [3.05, 3.63) is 42.7 Å². The average Bonchev–Trinajstić information content (AvgIpc) is 2.75. The maximum atomic E-state index is 11.9. The van der Waals surface area contributed by atoms with Crippen molar-refractivity contribution in [3.63, 3.8) is 0 Å². The van der Waals surface area contributed by atoms with Crippen LogP contribution >= 0.6 is 24.0 Å². The predicted molar refractivity (Wildman–Crippen MR) is 117 cm³/mol. The number of hydrogen-bond donors (Lipinski definition) is 2. The number of anilines is 1. The summed E-state index contributed by atoms with van der Waals surface area (Å²) < 4.78 is 0. The highest BCUT2D eigenvalue weighted by molar-refractivity contribution is 14.0. The summed E-state index contributed by atoms with van der Waals surface area (Å²) >= 11 is 0. The molecule has 0 atom stereocenters. The quantitative estimate of drug-likeness (QED) is 0.257. The number of hydrogen-bond acceptors (Lipinski definition) is 7. The smallest absolute Gasteiger partial charge is 0.271 e. The number of halogens is 1. The SMILES string of the molecule is CN=C(NCCNC(=O)c1cnccn1)N1CCN(c2ncccn2)CC1.I. The number of rotatable bonds is 5. The van der Waals surface area contributed by atoms with Gasteiger partial charge in [0.1, 0.15) is 5.69 Å². The molecule has 0 aromatic carbocycles. The third-order valence-corrected chi connectivity index (χ3v) is 4.12. The molecule has 2 aromatic rings. The zero-order valence-electron chi connectivity index (χ0n) is 15.7. The monoisotopic (exact) mass is 497 g/mol. The fourth-order valence-electron chi connectivity index (χ4n) is 2.76. The summed E-state index contributed by atoms with van der Waals surface area (Å²) in [4.78, 5) is 37.1. The van der Waals surface area contributed by atoms with Crippen molar-refractivity contribution in [2.24, 2.45) is 4.99 Å². The van der Waals surface area contributed by atoms with Crippen LogP contribution in [0.1, 0.15) is 10.5 Å². The lowest BCUT2D eigenvalue weighted by atomic mass is 10.3. The first-order valence-electron chi connectivity index (χ1n) is 8.79. The van der Waals surface area contributed by atoms with Crippen molar-refractivity contribution in [1.29, 1.82) is 0 Å². The van der Waals surface area contributed by atoms with Gasteiger partial charge in [-0.05, 0) is 6.07 Å². The molecule has 0 spiro atoms. The lowest BCUT2D eigenvalue weighted by Gasteiger charge is -2.36. The number of nitrogens with zero attached hydrogens (tertiary/aromatic N) is 7. The van der Waals surface area contributed by atoms with E-state index in [0.29, 0.717) is 18.8 Å². The van der Waals surface area contributed by atoms with Crippen molar-refractivity contribution in [3.8, 4) is 0 Å². The van der Waals surface area contributed by atoms with E-state index in [2.05, 4.69) is 45.4 Å². The predicted octanol–water partition coefficient (Wildman–Crippen LogP) is 0.0120. The van der Waals surface area contributed by atoms with Crippen LogP contribution in [0.4, 0.5) is 5.95 Å². The van der Waals surface area contributed by atoms with E-state index in [1.807, 2.05) is 6.07 Å². The van der Waals surface area contributed by atoms with Crippen molar-refractivity contribution < 1.29 is 4.79 Å². The van der Waals surface area contributed by atoms with Gasteiger partial charge in [0.2, 0.25) is 5.95 Å². The van der Waals surface area contributed by atoms with E-state index in [9.17, 15) is 4.79 Å². The molecule has 1 fully saturated rings. The lowest BCUT2D eigenvalue weighted by molar-refractivity contribution is 0.0949. The fraction of sp³-hybridized carbons (Fsp3) is 0.412. The van der Waals surface area contributed by atoms with Gasteiger partial charge in [0.25, 0.3) is 5.91 Å². The second-order valence-corrected chi connectivity index (χ2v) is 5.84. The number of aromatic nitrogens is 4. The molecule has 10 nitrogen and oxygen atoms in total. The second-order valence-electron chi connectivity index (χ2n) is 5.84. The van der Waals surface area contributed by atoms with Gasteiger partial charge < -0.3 is 20.4 Å². The number of carbonyl (C=O) groups excluding carboxylic acids is 1. The van der Waals surface area contributed by atoms with Crippen molar-refractivity contribution in [1.82, 2.24) is 35.5 Å². The van der Waals surface area contributed by atoms with Crippen LogP contribution in [0.15, 0.2) is 42.0 Å². The van der Waals surface area contributed by atoms with Gasteiger partial charge >= 0.3 is 0 Å². The van der Waals surface area contributed by atoms with Gasteiger partial charge in [-0.15, -0.1) is 24.0 Å². The molecule has 0 aliphatic carbocycles. The normalized spacial score (nSPS) is 14.2. The molecular weight excluding hydrogens is 473 g/mol. The highest BCUT2D eigenvalue weighted by Crippen LogP contribution is 2.09. The maximum Gasteiger partial charge on any atom is 0.271 e. The Balaban J connectivity index is 0.00000280. The molecule has 0 bridgehead atoms. The van der Waals surface area contributed by atoms with Gasteiger partial charge in [0.05, 0.1) is 6.20 Å². The largest absolute Gasteiger partial charge is 0.354 e. The van der Waals surface area contributed by atoms with Gasteiger partial charge in [0, 0.05) is 71.1 Å². The van der Waals surface area contributed by atoms with Gasteiger partial charge in [-0.2, -0.15) is 0 Å². The molecule has 1 saturated heterocycles. The molecule has 11 heteroatoms. The second kappa shape index (κ2) is 11.3. The fourth-order valence-corrected chi connectivity index (χ4v) is 2.76. The van der Waals surface area contributed by atoms with Crippen LogP contribution in [0, 0.1) is 0 Å². The molecule has 2 aromatic heterocycles. The Bertz CT molecular complexity index is 752. The summed E-state index contributed by atoms with van der Waals surface area (Å²) in [5.41, 5.74) is 0.307. The summed E-state index contributed by atoms with van der Waals surface area (Å²) in [6.45, 7) is 4.34. The Morgan fingerprint density at radius 3 is 2.39 bits per heavy atom. The summed E-state index contributed by atoms with van der Waals surface area (Å²) in [6, 6.07) is 1.81. The Labute approximate surface area is 180 Å². The topological polar surface area (TPSA) is 112 Å². The summed E-state index contributed by atoms with van der Waals surface area (Å²) in [7, 11) is 1.76. The van der Waals surface area contributed by atoms with E-state index in [4.69, 9.17) is 0 Å². The van der Waals surface area contributed by atoms with Crippen LogP contribution in [-0.2, 0) is 0 Å². The van der Waals surface area contributed by atoms with Crippen LogP contribution in [0.2, 0.25) is 0 Å². The highest BCUT2D eigenvalue weighted by Gasteiger charge is 2.20. The van der Waals surface area contributed by atoms with Gasteiger partial charge in [-0.3, -0.25) is 14.8 Å². The number of nitrogens with one attached hydrogen (secondary N) is 2. The molecule has 3 rings (SSSR count). The van der Waals surface area contributed by atoms with Gasteiger partial charge in [-0.25, -0.2) is 15.0 Å². The first-order valence-corrected chi connectivity index (χ1v) is 8.79. The Hall–Kier alpha value is -2.57. The van der Waals surface area contributed by atoms with E-state index < -0.39 is 0 Å². The highest BCUT2D eigenvalue weighted by atomic mass is 127. The number of amides is 1. The third kappa shape index (κ3) is 5.97. The molecule has 150 valence electrons. The average molecular weight is 497 g/mol. The number of piperazine rings is 1. The molecule has 3 heterocycles. The standard InChI is InChI=1S/C17H23N9O.HI/c1-18-16(24-8-7-21-15(27)14-13-19-5-6-20-14)25-9-11-26(12-10-25)17-22-3-2-4-23-17;/h2-6,13H,7-12H2,1H3,(H,18,24)(H,21,27);1H. The van der Waals surface area contributed by atoms with Crippen LogP contribution in [0.3, 0.4) is 0 Å². The van der Waals surface area contributed by atoms with Crippen LogP contribution in [0.25, 0.3) is 0 Å². The van der Waals surface area contributed by atoms with E-state index in [0.717, 1.165) is 38.1 Å². The molecule has 0 saturated carbocycles. The van der Waals surface area contributed by atoms with Crippen LogP contribution < -0.4 is 15.5 Å². The van der Waals surface area contributed by atoms with Gasteiger partial charge in [-0.1, -0.05) is 0 Å². The van der Waals surface area contributed by atoms with Crippen LogP contribution in [0.5, 0.6) is 0 Å². The summed E-state index contributed by atoms with van der Waals surface area (Å²) in [5, 5.41) is 6.08. The minimum atomic E-state index is -0.239. The molecular formula is C17H24IN9O. The molecule has 0 radical (unpaired) electrons. The third-order valence-electron chi connectivity index (χ3n) is 4.12. The van der Waals surface area contributed by atoms with Crippen molar-refractivity contribution >= 4 is 41.8 Å². The Morgan fingerprint density at radius 1 is 1.04 bits per heavy atom. The van der Waals surface area contributed by atoms with E-state index in [1.165, 1.54) is 18.6 Å². The Morgan fingerprint density at radius 2 is 1.75 bits per heavy atom. The van der Waals surface area contributed by atoms with E-state index in [-0.39, 0.29) is 29.9 Å². The molecule has 28 heavy (non-hydrogen) atoms. The Kier molecular flexibility index (Phi) is 8.78. The van der Waals surface area contributed by atoms with E-state index in [1.54, 1.807) is 19.4 Å². The lowest BCUT2D eigenvalue weighted by Crippen LogP contribution is -2.53. The number of aliphatic imine (C=N–C) groups is 1. The molecule has 2 N–H and O–H groups in total.